The fourth-order valence-corrected chi connectivity index (χ4v) is 1.85. The average Bonchev–Trinajstić information content (AvgIpc) is 2.60. The van der Waals surface area contributed by atoms with Gasteiger partial charge in [-0.15, -0.1) is 11.3 Å². The van der Waals surface area contributed by atoms with Gasteiger partial charge >= 0.3 is 11.3 Å². The number of thiazole rings is 1. The zero-order chi connectivity index (χ0) is 9.42. The first kappa shape index (κ1) is 8.39. The maximum Gasteiger partial charge on any atom is 0.436 e. The Bertz CT molecular complexity index is 532. The van der Waals surface area contributed by atoms with Crippen molar-refractivity contribution in [1.29, 1.82) is 0 Å². The second-order valence-corrected chi connectivity index (χ2v) is 4.00. The van der Waals surface area contributed by atoms with E-state index in [2.05, 4.69) is 14.8 Å². The lowest BCUT2D eigenvalue weighted by molar-refractivity contribution is -0.730. The van der Waals surface area contributed by atoms with Gasteiger partial charge in [-0.25, -0.2) is 4.79 Å². The smallest absolute Gasteiger partial charge is 0.332 e. The first-order chi connectivity index (χ1) is 6.18. The van der Waals surface area contributed by atoms with E-state index in [0.717, 1.165) is 0 Å². The summed E-state index contributed by atoms with van der Waals surface area (Å²) in [4.78, 5) is 14.1. The van der Waals surface area contributed by atoms with Crippen molar-refractivity contribution in [3.63, 3.8) is 0 Å². The van der Waals surface area contributed by atoms with Gasteiger partial charge in [0, 0.05) is 5.38 Å². The van der Waals surface area contributed by atoms with E-state index in [1.54, 1.807) is 12.4 Å². The molecule has 2 aromatic heterocycles. The van der Waals surface area contributed by atoms with Gasteiger partial charge in [0.1, 0.15) is 5.69 Å². The summed E-state index contributed by atoms with van der Waals surface area (Å²) in [6.07, 6.45) is 0. The Hall–Kier alpha value is -1.21. The Labute approximate surface area is 81.6 Å². The van der Waals surface area contributed by atoms with Crippen LogP contribution in [-0.2, 0) is 7.05 Å². The second-order valence-electron chi connectivity index (χ2n) is 2.45. The van der Waals surface area contributed by atoms with E-state index >= 15 is 0 Å². The van der Waals surface area contributed by atoms with Gasteiger partial charge < -0.3 is 4.98 Å². The lowest BCUT2D eigenvalue weighted by atomic mass is 10.4. The first-order valence-electron chi connectivity index (χ1n) is 3.44. The zero-order valence-corrected chi connectivity index (χ0v) is 8.29. The number of rotatable bonds is 1. The SMILES string of the molecule is C[n+]1[nH]oc(=O)c1-c1csc(=S)[nH]1. The van der Waals surface area contributed by atoms with Crippen LogP contribution in [0, 0.1) is 3.95 Å². The van der Waals surface area contributed by atoms with Crippen LogP contribution in [0.25, 0.3) is 11.4 Å². The van der Waals surface area contributed by atoms with Crippen LogP contribution in [0.2, 0.25) is 0 Å². The molecule has 0 aliphatic carbocycles. The predicted octanol–water partition coefficient (Wildman–Crippen LogP) is 0.578. The molecule has 0 saturated carbocycles. The molecular formula is C6H6N3O2S2+. The van der Waals surface area contributed by atoms with Crippen LogP contribution in [0.5, 0.6) is 0 Å². The van der Waals surface area contributed by atoms with E-state index in [1.807, 2.05) is 0 Å². The van der Waals surface area contributed by atoms with Crippen LogP contribution >= 0.6 is 23.6 Å². The Morgan fingerprint density at radius 1 is 1.69 bits per heavy atom. The average molecular weight is 216 g/mol. The fourth-order valence-electron chi connectivity index (χ4n) is 1.03. The number of hydrogen-bond acceptors (Lipinski definition) is 4. The molecular weight excluding hydrogens is 210 g/mol. The standard InChI is InChI=1S/C6H5N3O2S2/c1-9-4(5(10)11-8-9)3-2-13-6(12)7-3/h2H,1H3,(H-,7,8,10,12)/p+1. The molecule has 0 bridgehead atoms. The quantitative estimate of drug-likeness (QED) is 0.541. The highest BCUT2D eigenvalue weighted by Gasteiger charge is 2.20. The van der Waals surface area contributed by atoms with Crippen LogP contribution < -0.4 is 10.3 Å². The van der Waals surface area contributed by atoms with Crippen LogP contribution in [0.3, 0.4) is 0 Å². The lowest BCUT2D eigenvalue weighted by Gasteiger charge is -1.81. The molecule has 0 radical (unpaired) electrons. The van der Waals surface area contributed by atoms with Crippen molar-refractivity contribution < 1.29 is 9.20 Å². The molecule has 68 valence electrons. The molecule has 2 heterocycles. The molecule has 2 aromatic rings. The van der Waals surface area contributed by atoms with Gasteiger partial charge in [0.15, 0.2) is 11.0 Å². The van der Waals surface area contributed by atoms with Crippen molar-refractivity contribution in [3.8, 4) is 11.4 Å². The van der Waals surface area contributed by atoms with Gasteiger partial charge in [0.05, 0.1) is 0 Å². The van der Waals surface area contributed by atoms with Crippen molar-refractivity contribution in [1.82, 2.24) is 10.3 Å². The van der Waals surface area contributed by atoms with Gasteiger partial charge in [-0.05, 0) is 17.5 Å². The minimum absolute atomic E-state index is 0.411. The summed E-state index contributed by atoms with van der Waals surface area (Å²) in [5.41, 5.74) is 0.700. The molecule has 0 aliphatic heterocycles. The summed E-state index contributed by atoms with van der Waals surface area (Å²) in [7, 11) is 1.69. The second kappa shape index (κ2) is 2.93. The molecule has 0 aliphatic rings. The van der Waals surface area contributed by atoms with E-state index in [9.17, 15) is 4.79 Å². The Morgan fingerprint density at radius 2 is 2.46 bits per heavy atom. The van der Waals surface area contributed by atoms with Crippen LogP contribution in [0.1, 0.15) is 0 Å². The minimum Gasteiger partial charge on any atom is -0.332 e. The number of nitrogens with one attached hydrogen (secondary N) is 2. The van der Waals surface area contributed by atoms with E-state index in [-0.39, 0.29) is 0 Å². The maximum absolute atomic E-state index is 11.2. The summed E-state index contributed by atoms with van der Waals surface area (Å²) in [5.74, 6) is 0. The normalized spacial score (nSPS) is 10.5. The van der Waals surface area contributed by atoms with Crippen molar-refractivity contribution in [2.45, 2.75) is 0 Å². The van der Waals surface area contributed by atoms with Crippen molar-refractivity contribution >= 4 is 23.6 Å². The number of nitrogens with zero attached hydrogens (tertiary/aromatic N) is 1. The maximum atomic E-state index is 11.2. The number of hydrogen-bond donors (Lipinski definition) is 2. The highest BCUT2D eigenvalue weighted by Crippen LogP contribution is 2.12. The third-order valence-electron chi connectivity index (χ3n) is 1.58. The molecule has 0 saturated heterocycles. The Balaban J connectivity index is 2.71. The summed E-state index contributed by atoms with van der Waals surface area (Å²) < 4.78 is 6.72. The summed E-state index contributed by atoms with van der Waals surface area (Å²) >= 11 is 6.28. The van der Waals surface area contributed by atoms with Crippen LogP contribution in [-0.4, -0.2) is 10.3 Å². The Kier molecular flexibility index (Phi) is 1.89. The highest BCUT2D eigenvalue weighted by molar-refractivity contribution is 7.73. The first-order valence-corrected chi connectivity index (χ1v) is 4.73. The highest BCUT2D eigenvalue weighted by atomic mass is 32.1. The third-order valence-corrected chi connectivity index (χ3v) is 2.64. The molecule has 13 heavy (non-hydrogen) atoms. The molecule has 0 unspecified atom stereocenters. The van der Waals surface area contributed by atoms with Gasteiger partial charge in [-0.1, -0.05) is 4.68 Å². The monoisotopic (exact) mass is 216 g/mol. The topological polar surface area (TPSA) is 65.7 Å². The molecule has 0 spiro atoms. The molecule has 0 atom stereocenters. The molecule has 2 rings (SSSR count). The molecule has 0 amide bonds. The third kappa shape index (κ3) is 1.36. The number of H-pyrrole nitrogens is 2. The number of aromatic nitrogens is 3. The van der Waals surface area contributed by atoms with E-state index in [1.165, 1.54) is 16.0 Å². The molecule has 2 N–H and O–H groups in total. The van der Waals surface area contributed by atoms with E-state index in [0.29, 0.717) is 15.3 Å². The molecule has 0 fully saturated rings. The largest absolute Gasteiger partial charge is 0.436 e. The summed E-state index contributed by atoms with van der Waals surface area (Å²) in [5, 5.41) is 4.20. The van der Waals surface area contributed by atoms with Gasteiger partial charge in [-0.3, -0.25) is 4.52 Å². The lowest BCUT2D eigenvalue weighted by Crippen LogP contribution is -2.33. The van der Waals surface area contributed by atoms with Gasteiger partial charge in [0.2, 0.25) is 0 Å². The van der Waals surface area contributed by atoms with Crippen molar-refractivity contribution in [3.05, 3.63) is 19.8 Å². The van der Waals surface area contributed by atoms with Gasteiger partial charge in [-0.2, -0.15) is 0 Å². The zero-order valence-electron chi connectivity index (χ0n) is 6.66. The molecule has 5 nitrogen and oxygen atoms in total. The van der Waals surface area contributed by atoms with Gasteiger partial charge in [0.25, 0.3) is 0 Å². The Morgan fingerprint density at radius 3 is 2.92 bits per heavy atom. The molecule has 0 aromatic carbocycles. The van der Waals surface area contributed by atoms with Crippen molar-refractivity contribution in [2.75, 3.05) is 0 Å². The van der Waals surface area contributed by atoms with Crippen molar-refractivity contribution in [2.24, 2.45) is 7.05 Å². The number of aryl methyl sites for hydroxylation is 1. The van der Waals surface area contributed by atoms with E-state index in [4.69, 9.17) is 12.2 Å². The fraction of sp³-hybridized carbons (Fsp3) is 0.167. The summed E-state index contributed by atoms with van der Waals surface area (Å²) in [6, 6.07) is 0. The minimum atomic E-state index is -0.411. The summed E-state index contributed by atoms with van der Waals surface area (Å²) in [6.45, 7) is 0. The molecule has 7 heteroatoms. The van der Waals surface area contributed by atoms with E-state index < -0.39 is 5.63 Å². The van der Waals surface area contributed by atoms with Crippen LogP contribution in [0.15, 0.2) is 14.7 Å². The number of aromatic amines is 2. The van der Waals surface area contributed by atoms with Crippen LogP contribution in [0.4, 0.5) is 0 Å². The predicted molar refractivity (Wildman–Crippen MR) is 49.0 cm³/mol.